The van der Waals surface area contributed by atoms with Crippen LogP contribution >= 0.6 is 0 Å². The second-order valence-corrected chi connectivity index (χ2v) is 6.65. The Labute approximate surface area is 119 Å². The number of benzene rings is 1. The maximum absolute atomic E-state index is 13.4. The van der Waals surface area contributed by atoms with Crippen molar-refractivity contribution in [2.45, 2.75) is 30.0 Å². The fourth-order valence-electron chi connectivity index (χ4n) is 2.00. The lowest BCUT2D eigenvalue weighted by Gasteiger charge is -2.16. The summed E-state index contributed by atoms with van der Waals surface area (Å²) in [5, 5.41) is 0. The molecule has 0 spiro atoms. The van der Waals surface area contributed by atoms with Gasteiger partial charge in [0.25, 0.3) is 0 Å². The molecule has 118 valence electrons. The van der Waals surface area contributed by atoms with E-state index in [2.05, 4.69) is 4.72 Å². The number of hydrogen-bond donors (Lipinski definition) is 2. The van der Waals surface area contributed by atoms with Crippen LogP contribution in [-0.2, 0) is 16.2 Å². The lowest BCUT2D eigenvalue weighted by Crippen LogP contribution is -2.41. The summed E-state index contributed by atoms with van der Waals surface area (Å²) in [6, 6.07) is 1.03. The zero-order chi connectivity index (χ0) is 15.8. The SMILES string of the molecule is NCC(NS(=O)(=O)c1ccc(C(F)(F)F)c(F)c1)C1CC1. The van der Waals surface area contributed by atoms with Crippen LogP contribution in [0, 0.1) is 11.7 Å². The Morgan fingerprint density at radius 3 is 2.38 bits per heavy atom. The molecule has 1 fully saturated rings. The number of hydrogen-bond acceptors (Lipinski definition) is 3. The van der Waals surface area contributed by atoms with E-state index in [1.54, 1.807) is 0 Å². The minimum atomic E-state index is -4.87. The van der Waals surface area contributed by atoms with Crippen molar-refractivity contribution in [3.05, 3.63) is 29.6 Å². The first-order valence-electron chi connectivity index (χ1n) is 6.24. The second kappa shape index (κ2) is 5.54. The molecule has 21 heavy (non-hydrogen) atoms. The molecule has 1 aromatic carbocycles. The van der Waals surface area contributed by atoms with E-state index in [0.29, 0.717) is 12.1 Å². The van der Waals surface area contributed by atoms with Gasteiger partial charge in [0, 0.05) is 12.6 Å². The maximum atomic E-state index is 13.4. The Kier molecular flexibility index (Phi) is 4.27. The third kappa shape index (κ3) is 3.72. The maximum Gasteiger partial charge on any atom is 0.419 e. The monoisotopic (exact) mass is 326 g/mol. The fraction of sp³-hybridized carbons (Fsp3) is 0.500. The van der Waals surface area contributed by atoms with Gasteiger partial charge in [-0.25, -0.2) is 17.5 Å². The van der Waals surface area contributed by atoms with Crippen molar-refractivity contribution in [1.82, 2.24) is 4.72 Å². The first-order chi connectivity index (χ1) is 9.65. The minimum absolute atomic E-state index is 0.0764. The molecule has 0 aromatic heterocycles. The summed E-state index contributed by atoms with van der Waals surface area (Å²) in [7, 11) is -4.10. The van der Waals surface area contributed by atoms with Gasteiger partial charge in [-0.15, -0.1) is 0 Å². The highest BCUT2D eigenvalue weighted by Crippen LogP contribution is 2.34. The quantitative estimate of drug-likeness (QED) is 0.811. The molecule has 0 heterocycles. The van der Waals surface area contributed by atoms with E-state index < -0.39 is 38.5 Å². The topological polar surface area (TPSA) is 72.2 Å². The summed E-state index contributed by atoms with van der Waals surface area (Å²) in [6.45, 7) is 0.0764. The molecule has 4 nitrogen and oxygen atoms in total. The third-order valence-electron chi connectivity index (χ3n) is 3.31. The Bertz CT molecular complexity index is 627. The molecule has 0 bridgehead atoms. The third-order valence-corrected chi connectivity index (χ3v) is 4.80. The van der Waals surface area contributed by atoms with Crippen LogP contribution in [0.3, 0.4) is 0 Å². The lowest BCUT2D eigenvalue weighted by atomic mass is 10.2. The van der Waals surface area contributed by atoms with Gasteiger partial charge in [0.05, 0.1) is 10.5 Å². The molecule has 1 aliphatic rings. The smallest absolute Gasteiger partial charge is 0.329 e. The number of sulfonamides is 1. The molecule has 0 saturated heterocycles. The van der Waals surface area contributed by atoms with E-state index in [1.807, 2.05) is 0 Å². The average molecular weight is 326 g/mol. The van der Waals surface area contributed by atoms with E-state index in [1.165, 1.54) is 0 Å². The molecule has 1 atom stereocenters. The number of halogens is 4. The molecule has 1 unspecified atom stereocenters. The number of nitrogens with two attached hydrogens (primary N) is 1. The van der Waals surface area contributed by atoms with Gasteiger partial charge < -0.3 is 5.73 Å². The first-order valence-corrected chi connectivity index (χ1v) is 7.72. The predicted octanol–water partition coefficient (Wildman–Crippen LogP) is 1.86. The Hall–Kier alpha value is -1.19. The van der Waals surface area contributed by atoms with Gasteiger partial charge in [0.2, 0.25) is 10.0 Å². The molecular weight excluding hydrogens is 312 g/mol. The van der Waals surface area contributed by atoms with Crippen LogP contribution in [0.25, 0.3) is 0 Å². The molecule has 0 aliphatic heterocycles. The van der Waals surface area contributed by atoms with Crippen molar-refractivity contribution in [1.29, 1.82) is 0 Å². The molecule has 9 heteroatoms. The summed E-state index contributed by atoms with van der Waals surface area (Å²) in [4.78, 5) is -0.549. The number of rotatable bonds is 5. The van der Waals surface area contributed by atoms with Crippen molar-refractivity contribution in [3.63, 3.8) is 0 Å². The van der Waals surface area contributed by atoms with Gasteiger partial charge in [-0.05, 0) is 37.0 Å². The van der Waals surface area contributed by atoms with Gasteiger partial charge in [-0.1, -0.05) is 0 Å². The zero-order valence-electron chi connectivity index (χ0n) is 10.8. The summed E-state index contributed by atoms with van der Waals surface area (Å²) in [5.41, 5.74) is 3.96. The van der Waals surface area contributed by atoms with Crippen molar-refractivity contribution in [2.75, 3.05) is 6.54 Å². The zero-order valence-corrected chi connectivity index (χ0v) is 11.6. The molecule has 1 aliphatic carbocycles. The van der Waals surface area contributed by atoms with E-state index >= 15 is 0 Å². The highest BCUT2D eigenvalue weighted by atomic mass is 32.2. The van der Waals surface area contributed by atoms with Crippen LogP contribution in [0.15, 0.2) is 23.1 Å². The summed E-state index contributed by atoms with van der Waals surface area (Å²) in [5.74, 6) is -1.50. The fourth-order valence-corrected chi connectivity index (χ4v) is 3.32. The molecule has 1 saturated carbocycles. The van der Waals surface area contributed by atoms with Crippen molar-refractivity contribution < 1.29 is 26.0 Å². The lowest BCUT2D eigenvalue weighted by molar-refractivity contribution is -0.140. The van der Waals surface area contributed by atoms with E-state index in [0.717, 1.165) is 18.9 Å². The van der Waals surface area contributed by atoms with E-state index in [9.17, 15) is 26.0 Å². The van der Waals surface area contributed by atoms with Crippen LogP contribution in [0.1, 0.15) is 18.4 Å². The number of alkyl halides is 3. The van der Waals surface area contributed by atoms with E-state index in [4.69, 9.17) is 5.73 Å². The first kappa shape index (κ1) is 16.2. The van der Waals surface area contributed by atoms with Gasteiger partial charge >= 0.3 is 6.18 Å². The standard InChI is InChI=1S/C12H14F4N2O2S/c13-10-5-8(3-4-9(10)12(14,15)16)21(19,20)18-11(6-17)7-1-2-7/h3-5,7,11,18H,1-2,6,17H2. The molecular formula is C12H14F4N2O2S. The largest absolute Gasteiger partial charge is 0.419 e. The van der Waals surface area contributed by atoms with Crippen molar-refractivity contribution in [2.24, 2.45) is 11.7 Å². The second-order valence-electron chi connectivity index (χ2n) is 4.94. The van der Waals surface area contributed by atoms with Crippen LogP contribution in [-0.4, -0.2) is 21.0 Å². The normalized spacial score (nSPS) is 17.8. The highest BCUT2D eigenvalue weighted by Gasteiger charge is 2.36. The van der Waals surface area contributed by atoms with Crippen LogP contribution < -0.4 is 10.5 Å². The van der Waals surface area contributed by atoms with Crippen molar-refractivity contribution in [3.8, 4) is 0 Å². The average Bonchev–Trinajstić information content (AvgIpc) is 3.18. The van der Waals surface area contributed by atoms with Gasteiger partial charge in [-0.3, -0.25) is 0 Å². The number of nitrogens with one attached hydrogen (secondary N) is 1. The summed E-state index contributed by atoms with van der Waals surface area (Å²) >= 11 is 0. The molecule has 2 rings (SSSR count). The summed E-state index contributed by atoms with van der Waals surface area (Å²) in [6.07, 6.45) is -3.19. The Morgan fingerprint density at radius 2 is 1.95 bits per heavy atom. The highest BCUT2D eigenvalue weighted by molar-refractivity contribution is 7.89. The van der Waals surface area contributed by atoms with Gasteiger partial charge in [0.15, 0.2) is 0 Å². The van der Waals surface area contributed by atoms with Gasteiger partial charge in [-0.2, -0.15) is 13.2 Å². The van der Waals surface area contributed by atoms with Crippen LogP contribution in [0.5, 0.6) is 0 Å². The Morgan fingerprint density at radius 1 is 1.33 bits per heavy atom. The molecule has 0 radical (unpaired) electrons. The van der Waals surface area contributed by atoms with Gasteiger partial charge in [0.1, 0.15) is 5.82 Å². The van der Waals surface area contributed by atoms with Crippen molar-refractivity contribution >= 4 is 10.0 Å². The van der Waals surface area contributed by atoms with Crippen LogP contribution in [0.2, 0.25) is 0 Å². The van der Waals surface area contributed by atoms with E-state index in [-0.39, 0.29) is 12.5 Å². The summed E-state index contributed by atoms with van der Waals surface area (Å²) < 4.78 is 77.1. The molecule has 0 amide bonds. The Balaban J connectivity index is 2.26. The molecule has 3 N–H and O–H groups in total. The minimum Gasteiger partial charge on any atom is -0.329 e. The molecule has 1 aromatic rings. The predicted molar refractivity (Wildman–Crippen MR) is 67.3 cm³/mol. The van der Waals surface area contributed by atoms with Crippen LogP contribution in [0.4, 0.5) is 17.6 Å².